The van der Waals surface area contributed by atoms with Gasteiger partial charge in [0.2, 0.25) is 0 Å². The molecule has 0 heterocycles. The van der Waals surface area contributed by atoms with Gasteiger partial charge in [-0.3, -0.25) is 0 Å². The molecule has 0 spiro atoms. The minimum absolute atomic E-state index is 0.109. The van der Waals surface area contributed by atoms with E-state index in [-0.39, 0.29) is 29.8 Å². The summed E-state index contributed by atoms with van der Waals surface area (Å²) < 4.78 is 67.3. The van der Waals surface area contributed by atoms with Crippen LogP contribution in [0.25, 0.3) is 11.1 Å². The van der Waals surface area contributed by atoms with Crippen LogP contribution in [0.3, 0.4) is 0 Å². The van der Waals surface area contributed by atoms with Gasteiger partial charge in [0.15, 0.2) is 23.3 Å². The number of halogens is 4. The van der Waals surface area contributed by atoms with Crippen LogP contribution in [-0.2, 0) is 4.74 Å². The van der Waals surface area contributed by atoms with E-state index in [0.717, 1.165) is 0 Å². The number of hydrogen-bond acceptors (Lipinski definition) is 3. The minimum Gasteiger partial charge on any atom is -0.494 e. The van der Waals surface area contributed by atoms with E-state index >= 15 is 0 Å². The van der Waals surface area contributed by atoms with Gasteiger partial charge in [0.05, 0.1) is 13.2 Å². The van der Waals surface area contributed by atoms with Gasteiger partial charge in [0, 0.05) is 11.1 Å². The van der Waals surface area contributed by atoms with Crippen LogP contribution in [0, 0.1) is 11.6 Å². The number of ether oxygens (including phenoxy) is 2. The molecular formula is C26H26F4O3. The lowest BCUT2D eigenvalue weighted by molar-refractivity contribution is 0.122. The number of methoxy groups -OCH3 is 1. The average molecular weight is 462 g/mol. The summed E-state index contributed by atoms with van der Waals surface area (Å²) in [5.74, 6) is -4.53. The molecule has 1 aliphatic rings. The third kappa shape index (κ3) is 5.66. The second kappa shape index (κ2) is 10.7. The van der Waals surface area contributed by atoms with Crippen molar-refractivity contribution in [1.82, 2.24) is 0 Å². The van der Waals surface area contributed by atoms with Gasteiger partial charge in [-0.2, -0.15) is 4.39 Å². The Labute approximate surface area is 190 Å². The molecule has 0 aromatic heterocycles. The zero-order valence-electron chi connectivity index (χ0n) is 18.3. The Morgan fingerprint density at radius 2 is 1.58 bits per heavy atom. The molecule has 0 bridgehead atoms. The number of rotatable bonds is 8. The molecule has 0 atom stereocenters. The highest BCUT2D eigenvalue weighted by atomic mass is 19.2. The van der Waals surface area contributed by atoms with Crippen LogP contribution < -0.4 is 4.74 Å². The molecule has 0 radical (unpaired) electrons. The Balaban J connectivity index is 1.69. The smallest absolute Gasteiger partial charge is 0.200 e. The van der Waals surface area contributed by atoms with E-state index in [2.05, 4.69) is 17.9 Å². The molecule has 2 aromatic carbocycles. The standard InChI is InChI=1S/C26H26F4O3/c1-15(23(27)24(28)16(2)32-3)14-33-20-10-6-18(7-11-20)22-13-12-21(25(29)26(22)30)17-4-8-19(31)9-5-17/h6-7,10-13,17,19,31H,1-2,4-5,8-9,14H2,3H3/b24-23-. The van der Waals surface area contributed by atoms with Crippen LogP contribution in [0.15, 0.2) is 72.5 Å². The molecule has 2 aromatic rings. The Hall–Kier alpha value is -3.06. The molecule has 1 aliphatic carbocycles. The van der Waals surface area contributed by atoms with E-state index in [1.54, 1.807) is 24.3 Å². The third-order valence-corrected chi connectivity index (χ3v) is 5.82. The fourth-order valence-electron chi connectivity index (χ4n) is 3.82. The molecule has 1 saturated carbocycles. The highest BCUT2D eigenvalue weighted by Crippen LogP contribution is 2.37. The molecule has 33 heavy (non-hydrogen) atoms. The molecule has 0 saturated heterocycles. The number of hydrogen-bond donors (Lipinski definition) is 1. The Bertz CT molecular complexity index is 1050. The maximum Gasteiger partial charge on any atom is 0.200 e. The predicted molar refractivity (Wildman–Crippen MR) is 119 cm³/mol. The fourth-order valence-corrected chi connectivity index (χ4v) is 3.82. The van der Waals surface area contributed by atoms with Crippen molar-refractivity contribution in [3.8, 4) is 16.9 Å². The number of benzene rings is 2. The molecule has 1 N–H and O–H groups in total. The second-order valence-corrected chi connectivity index (χ2v) is 8.01. The van der Waals surface area contributed by atoms with Crippen molar-refractivity contribution in [2.24, 2.45) is 0 Å². The molecule has 176 valence electrons. The van der Waals surface area contributed by atoms with Crippen LogP contribution in [0.4, 0.5) is 17.6 Å². The van der Waals surface area contributed by atoms with Crippen molar-refractivity contribution in [2.75, 3.05) is 13.7 Å². The van der Waals surface area contributed by atoms with Gasteiger partial charge >= 0.3 is 0 Å². The number of aliphatic hydroxyl groups excluding tert-OH is 1. The van der Waals surface area contributed by atoms with Crippen LogP contribution in [0.1, 0.15) is 37.2 Å². The van der Waals surface area contributed by atoms with Crippen molar-refractivity contribution in [3.63, 3.8) is 0 Å². The maximum atomic E-state index is 14.8. The second-order valence-electron chi connectivity index (χ2n) is 8.01. The third-order valence-electron chi connectivity index (χ3n) is 5.82. The average Bonchev–Trinajstić information content (AvgIpc) is 2.83. The van der Waals surface area contributed by atoms with Crippen LogP contribution in [0.2, 0.25) is 0 Å². The summed E-state index contributed by atoms with van der Waals surface area (Å²) in [6.45, 7) is 6.35. The number of allylic oxidation sites excluding steroid dienone is 1. The zero-order valence-corrected chi connectivity index (χ0v) is 18.3. The van der Waals surface area contributed by atoms with Gasteiger partial charge in [-0.15, -0.1) is 0 Å². The van der Waals surface area contributed by atoms with Crippen molar-refractivity contribution in [1.29, 1.82) is 0 Å². The van der Waals surface area contributed by atoms with Gasteiger partial charge in [0.1, 0.15) is 18.1 Å². The summed E-state index contributed by atoms with van der Waals surface area (Å²) in [6, 6.07) is 9.27. The molecular weight excluding hydrogens is 436 g/mol. The van der Waals surface area contributed by atoms with E-state index in [0.29, 0.717) is 42.6 Å². The first-order valence-electron chi connectivity index (χ1n) is 10.6. The Kier molecular flexibility index (Phi) is 7.97. The zero-order chi connectivity index (χ0) is 24.1. The molecule has 1 fully saturated rings. The lowest BCUT2D eigenvalue weighted by atomic mass is 9.82. The minimum atomic E-state index is -1.26. The van der Waals surface area contributed by atoms with E-state index in [9.17, 15) is 22.7 Å². The predicted octanol–water partition coefficient (Wildman–Crippen LogP) is 6.90. The van der Waals surface area contributed by atoms with Gasteiger partial charge in [-0.05, 0) is 54.9 Å². The monoisotopic (exact) mass is 462 g/mol. The summed E-state index contributed by atoms with van der Waals surface area (Å²) in [5.41, 5.74) is 0.641. The van der Waals surface area contributed by atoms with E-state index < -0.39 is 29.0 Å². The van der Waals surface area contributed by atoms with Gasteiger partial charge < -0.3 is 14.6 Å². The van der Waals surface area contributed by atoms with E-state index in [1.165, 1.54) is 19.2 Å². The molecule has 0 unspecified atom stereocenters. The first kappa shape index (κ1) is 24.6. The highest BCUT2D eigenvalue weighted by Gasteiger charge is 2.25. The normalized spacial score (nSPS) is 19.0. The molecule has 3 nitrogen and oxygen atoms in total. The SMILES string of the molecule is C=C(COc1ccc(-c2ccc(C3CCC(O)CC3)c(F)c2F)cc1)/C(F)=C(/F)C(=C)OC. The summed E-state index contributed by atoms with van der Waals surface area (Å²) in [7, 11) is 1.17. The summed E-state index contributed by atoms with van der Waals surface area (Å²) in [4.78, 5) is 0. The van der Waals surface area contributed by atoms with E-state index in [4.69, 9.17) is 4.74 Å². The van der Waals surface area contributed by atoms with Crippen molar-refractivity contribution in [2.45, 2.75) is 37.7 Å². The lowest BCUT2D eigenvalue weighted by Crippen LogP contribution is -2.18. The summed E-state index contributed by atoms with van der Waals surface area (Å²) in [5, 5.41) is 9.64. The maximum absolute atomic E-state index is 14.8. The molecule has 7 heteroatoms. The lowest BCUT2D eigenvalue weighted by Gasteiger charge is -2.26. The molecule has 0 aliphatic heterocycles. The topological polar surface area (TPSA) is 38.7 Å². The van der Waals surface area contributed by atoms with Crippen molar-refractivity contribution in [3.05, 3.63) is 89.7 Å². The van der Waals surface area contributed by atoms with Gasteiger partial charge in [-0.25, -0.2) is 13.2 Å². The van der Waals surface area contributed by atoms with Crippen molar-refractivity contribution >= 4 is 0 Å². The first-order chi connectivity index (χ1) is 15.7. The quantitative estimate of drug-likeness (QED) is 0.264. The molecule has 0 amide bonds. The molecule has 3 rings (SSSR count). The van der Waals surface area contributed by atoms with E-state index in [1.807, 2.05) is 0 Å². The fraction of sp³-hybridized carbons (Fsp3) is 0.308. The largest absolute Gasteiger partial charge is 0.494 e. The van der Waals surface area contributed by atoms with Gasteiger partial charge in [-0.1, -0.05) is 37.4 Å². The Morgan fingerprint density at radius 3 is 2.18 bits per heavy atom. The van der Waals surface area contributed by atoms with Crippen LogP contribution >= 0.6 is 0 Å². The Morgan fingerprint density at radius 1 is 0.939 bits per heavy atom. The van der Waals surface area contributed by atoms with Gasteiger partial charge in [0.25, 0.3) is 0 Å². The van der Waals surface area contributed by atoms with Crippen LogP contribution in [-0.4, -0.2) is 24.9 Å². The van der Waals surface area contributed by atoms with Crippen LogP contribution in [0.5, 0.6) is 5.75 Å². The first-order valence-corrected chi connectivity index (χ1v) is 10.6. The summed E-state index contributed by atoms with van der Waals surface area (Å²) in [6.07, 6.45) is 2.02. The summed E-state index contributed by atoms with van der Waals surface area (Å²) >= 11 is 0. The van der Waals surface area contributed by atoms with Crippen molar-refractivity contribution < 1.29 is 32.1 Å². The number of aliphatic hydroxyl groups is 1. The highest BCUT2D eigenvalue weighted by molar-refractivity contribution is 5.65.